The first kappa shape index (κ1) is 22.6. The summed E-state index contributed by atoms with van der Waals surface area (Å²) in [6.07, 6.45) is 0. The van der Waals surface area contributed by atoms with Crippen molar-refractivity contribution >= 4 is 11.7 Å². The highest BCUT2D eigenvalue weighted by Crippen LogP contribution is 2.29. The van der Waals surface area contributed by atoms with E-state index in [4.69, 9.17) is 9.47 Å². The van der Waals surface area contributed by atoms with E-state index in [1.54, 1.807) is 32.4 Å². The number of piperazine rings is 1. The van der Waals surface area contributed by atoms with Gasteiger partial charge in [0.05, 0.1) is 19.9 Å². The van der Waals surface area contributed by atoms with Crippen molar-refractivity contribution in [3.63, 3.8) is 0 Å². The molecule has 0 aliphatic carbocycles. The van der Waals surface area contributed by atoms with Crippen molar-refractivity contribution in [2.75, 3.05) is 45.3 Å². The summed E-state index contributed by atoms with van der Waals surface area (Å²) in [5, 5.41) is 8.98. The molecule has 1 aromatic heterocycles. The summed E-state index contributed by atoms with van der Waals surface area (Å²) in [7, 11) is 3.15. The van der Waals surface area contributed by atoms with Gasteiger partial charge >= 0.3 is 0 Å². The van der Waals surface area contributed by atoms with E-state index < -0.39 is 0 Å². The molecule has 172 valence electrons. The predicted octanol–water partition coefficient (Wildman–Crippen LogP) is 4.05. The molecule has 0 saturated carbocycles. The fraction of sp³-hybridized carbons (Fsp3) is 0.346. The number of aryl methyl sites for hydroxylation is 3. The van der Waals surface area contributed by atoms with E-state index >= 15 is 0 Å². The van der Waals surface area contributed by atoms with Crippen LogP contribution in [-0.2, 0) is 0 Å². The van der Waals surface area contributed by atoms with Gasteiger partial charge in [-0.1, -0.05) is 6.07 Å². The highest BCUT2D eigenvalue weighted by atomic mass is 16.5. The fourth-order valence-corrected chi connectivity index (χ4v) is 4.16. The Morgan fingerprint density at radius 1 is 0.788 bits per heavy atom. The van der Waals surface area contributed by atoms with Crippen LogP contribution < -0.4 is 14.4 Å². The third-order valence-corrected chi connectivity index (χ3v) is 6.29. The largest absolute Gasteiger partial charge is 0.493 e. The van der Waals surface area contributed by atoms with Gasteiger partial charge in [0, 0.05) is 37.3 Å². The number of ether oxygens (including phenoxy) is 2. The fourth-order valence-electron chi connectivity index (χ4n) is 4.16. The number of nitrogens with zero attached hydrogens (tertiary/aromatic N) is 4. The Morgan fingerprint density at radius 2 is 1.48 bits per heavy atom. The van der Waals surface area contributed by atoms with Gasteiger partial charge in [-0.25, -0.2) is 0 Å². The lowest BCUT2D eigenvalue weighted by atomic mass is 9.99. The molecule has 1 aliphatic heterocycles. The van der Waals surface area contributed by atoms with Gasteiger partial charge in [0.2, 0.25) is 0 Å². The Kier molecular flexibility index (Phi) is 6.49. The minimum Gasteiger partial charge on any atom is -0.493 e. The number of rotatable bonds is 5. The molecule has 3 aromatic rings. The molecule has 4 rings (SSSR count). The molecule has 1 aliphatic rings. The maximum absolute atomic E-state index is 13.0. The third kappa shape index (κ3) is 4.62. The zero-order valence-electron chi connectivity index (χ0n) is 19.9. The molecule has 1 amide bonds. The smallest absolute Gasteiger partial charge is 0.254 e. The number of aromatic nitrogens is 2. The third-order valence-electron chi connectivity index (χ3n) is 6.29. The van der Waals surface area contributed by atoms with Crippen molar-refractivity contribution in [1.82, 2.24) is 15.1 Å². The molecule has 2 heterocycles. The summed E-state index contributed by atoms with van der Waals surface area (Å²) in [6.45, 7) is 8.98. The molecule has 0 atom stereocenters. The van der Waals surface area contributed by atoms with E-state index in [1.165, 1.54) is 16.7 Å². The number of carbonyl (C=O) groups is 1. The standard InChI is InChI=1S/C26H30N4O3/c1-17-14-19(3)21(15-18(17)2)22-7-9-25(28-27-22)29-10-12-30(13-11-29)26(31)20-6-8-23(32-4)24(16-20)33-5/h6-9,14-16H,10-13H2,1-5H3. The monoisotopic (exact) mass is 446 g/mol. The minimum atomic E-state index is -0.0118. The van der Waals surface area contributed by atoms with E-state index in [0.29, 0.717) is 43.2 Å². The highest BCUT2D eigenvalue weighted by molar-refractivity contribution is 5.95. The molecular weight excluding hydrogens is 416 g/mol. The van der Waals surface area contributed by atoms with Gasteiger partial charge in [0.25, 0.3) is 5.91 Å². The SMILES string of the molecule is COc1ccc(C(=O)N2CCN(c3ccc(-c4cc(C)c(C)cc4C)nn3)CC2)cc1OC. The molecule has 2 aromatic carbocycles. The Labute approximate surface area is 195 Å². The normalized spacial score (nSPS) is 13.7. The summed E-state index contributed by atoms with van der Waals surface area (Å²) in [5.41, 5.74) is 6.30. The zero-order valence-corrected chi connectivity index (χ0v) is 19.9. The maximum atomic E-state index is 13.0. The molecule has 7 heteroatoms. The molecule has 7 nitrogen and oxygen atoms in total. The van der Waals surface area contributed by atoms with Crippen LogP contribution in [0.15, 0.2) is 42.5 Å². The molecular formula is C26H30N4O3. The summed E-state index contributed by atoms with van der Waals surface area (Å²) < 4.78 is 10.6. The van der Waals surface area contributed by atoms with Crippen LogP contribution in [-0.4, -0.2) is 61.4 Å². The van der Waals surface area contributed by atoms with Gasteiger partial charge in [-0.3, -0.25) is 4.79 Å². The first-order valence-electron chi connectivity index (χ1n) is 11.1. The molecule has 0 spiro atoms. The molecule has 0 unspecified atom stereocenters. The van der Waals surface area contributed by atoms with Crippen LogP contribution in [0.2, 0.25) is 0 Å². The number of hydrogen-bond acceptors (Lipinski definition) is 6. The topological polar surface area (TPSA) is 67.8 Å². The second-order valence-electron chi connectivity index (χ2n) is 8.38. The Bertz CT molecular complexity index is 1150. The number of carbonyl (C=O) groups excluding carboxylic acids is 1. The molecule has 0 radical (unpaired) electrons. The summed E-state index contributed by atoms with van der Waals surface area (Å²) in [6, 6.07) is 13.7. The van der Waals surface area contributed by atoms with Crippen LogP contribution in [0.3, 0.4) is 0 Å². The van der Waals surface area contributed by atoms with Crippen molar-refractivity contribution in [1.29, 1.82) is 0 Å². The van der Waals surface area contributed by atoms with Crippen molar-refractivity contribution in [2.24, 2.45) is 0 Å². The Balaban J connectivity index is 1.42. The van der Waals surface area contributed by atoms with Gasteiger partial charge in [-0.05, 0) is 73.9 Å². The number of hydrogen-bond donors (Lipinski definition) is 0. The summed E-state index contributed by atoms with van der Waals surface area (Å²) >= 11 is 0. The van der Waals surface area contributed by atoms with Gasteiger partial charge in [-0.15, -0.1) is 10.2 Å². The first-order chi connectivity index (χ1) is 15.9. The van der Waals surface area contributed by atoms with E-state index in [-0.39, 0.29) is 5.91 Å². The highest BCUT2D eigenvalue weighted by Gasteiger charge is 2.24. The quantitative estimate of drug-likeness (QED) is 0.589. The van der Waals surface area contributed by atoms with Gasteiger partial charge in [-0.2, -0.15) is 0 Å². The van der Waals surface area contributed by atoms with Crippen molar-refractivity contribution in [3.8, 4) is 22.8 Å². The van der Waals surface area contributed by atoms with E-state index in [0.717, 1.165) is 17.1 Å². The van der Waals surface area contributed by atoms with Crippen LogP contribution in [0.4, 0.5) is 5.82 Å². The van der Waals surface area contributed by atoms with Gasteiger partial charge in [0.1, 0.15) is 0 Å². The van der Waals surface area contributed by atoms with Crippen LogP contribution in [0.1, 0.15) is 27.0 Å². The van der Waals surface area contributed by atoms with Crippen molar-refractivity contribution in [3.05, 3.63) is 64.7 Å². The lowest BCUT2D eigenvalue weighted by Crippen LogP contribution is -2.49. The Hall–Kier alpha value is -3.61. The average Bonchev–Trinajstić information content (AvgIpc) is 2.85. The van der Waals surface area contributed by atoms with E-state index in [9.17, 15) is 4.79 Å². The number of amides is 1. The van der Waals surface area contributed by atoms with E-state index in [2.05, 4.69) is 48.0 Å². The van der Waals surface area contributed by atoms with Gasteiger partial charge < -0.3 is 19.3 Å². The first-order valence-corrected chi connectivity index (χ1v) is 11.1. The zero-order chi connectivity index (χ0) is 23.5. The lowest BCUT2D eigenvalue weighted by Gasteiger charge is -2.35. The molecule has 33 heavy (non-hydrogen) atoms. The van der Waals surface area contributed by atoms with E-state index in [1.807, 2.05) is 17.0 Å². The second kappa shape index (κ2) is 9.48. The molecule has 0 N–H and O–H groups in total. The van der Waals surface area contributed by atoms with Crippen molar-refractivity contribution in [2.45, 2.75) is 20.8 Å². The molecule has 1 saturated heterocycles. The van der Waals surface area contributed by atoms with Crippen molar-refractivity contribution < 1.29 is 14.3 Å². The summed E-state index contributed by atoms with van der Waals surface area (Å²) in [5.74, 6) is 1.98. The maximum Gasteiger partial charge on any atom is 0.254 e. The van der Waals surface area contributed by atoms with Crippen LogP contribution in [0.5, 0.6) is 11.5 Å². The van der Waals surface area contributed by atoms with Gasteiger partial charge in [0.15, 0.2) is 17.3 Å². The Morgan fingerprint density at radius 3 is 2.12 bits per heavy atom. The number of benzene rings is 2. The molecule has 0 bridgehead atoms. The molecule has 1 fully saturated rings. The van der Waals surface area contributed by atoms with Crippen LogP contribution >= 0.6 is 0 Å². The number of anilines is 1. The predicted molar refractivity (Wildman–Crippen MR) is 129 cm³/mol. The summed E-state index contributed by atoms with van der Waals surface area (Å²) in [4.78, 5) is 17.0. The lowest BCUT2D eigenvalue weighted by molar-refractivity contribution is 0.0746. The second-order valence-corrected chi connectivity index (χ2v) is 8.38. The average molecular weight is 447 g/mol. The van der Waals surface area contributed by atoms with Crippen LogP contribution in [0.25, 0.3) is 11.3 Å². The number of methoxy groups -OCH3 is 2. The van der Waals surface area contributed by atoms with Crippen LogP contribution in [0, 0.1) is 20.8 Å². The minimum absolute atomic E-state index is 0.0118.